The number of carbonyl (C=O) groups is 2. The molecule has 0 saturated carbocycles. The Labute approximate surface area is 257 Å². The molecule has 0 radical (unpaired) electrons. The average molecular weight is 664 g/mol. The van der Waals surface area contributed by atoms with Crippen molar-refractivity contribution in [3.8, 4) is 5.75 Å². The summed E-state index contributed by atoms with van der Waals surface area (Å²) in [5, 5.41) is 13.4. The molecule has 45 heavy (non-hydrogen) atoms. The van der Waals surface area contributed by atoms with E-state index < -0.39 is 28.1 Å². The molecule has 2 aromatic rings. The molecule has 4 rings (SSSR count). The van der Waals surface area contributed by atoms with E-state index in [4.69, 9.17) is 0 Å². The molecule has 1 fully saturated rings. The molecule has 1 saturated heterocycles. The maximum Gasteiger partial charge on any atom is 0.573 e. The molecular formula is C27H34F5N7O5S. The third-order valence-electron chi connectivity index (χ3n) is 7.06. The van der Waals surface area contributed by atoms with Crippen molar-refractivity contribution in [1.82, 2.24) is 24.5 Å². The summed E-state index contributed by atoms with van der Waals surface area (Å²) >= 11 is 0. The quantitative estimate of drug-likeness (QED) is 0.303. The molecule has 2 aliphatic heterocycles. The fourth-order valence-electron chi connectivity index (χ4n) is 4.23. The van der Waals surface area contributed by atoms with Gasteiger partial charge in [0.15, 0.2) is 0 Å². The van der Waals surface area contributed by atoms with Crippen LogP contribution in [0, 0.1) is 0 Å². The molecule has 1 unspecified atom stereocenters. The minimum atomic E-state index is -4.85. The van der Waals surface area contributed by atoms with Crippen LogP contribution in [0.4, 0.5) is 22.0 Å². The number of hydrogen-bond donors (Lipinski definition) is 1. The standard InChI is InChI=1S/C16H21F3N6O4S.C11H13F2NO/c1-12-22(2)20-21-25(12)11-15(26)23-7-9-24(10-8-23)30(27,28)14-5-3-13(4-6-14)29-16(17,18)19;1-2-11(12,13)10-5-3-9(4-6-10)7-14-8-15/h3-6,12H,7-11H2,1-2H3;3-6,8H,2,7H2,1H3,(H,14,15). The second-order valence-electron chi connectivity index (χ2n) is 10.0. The summed E-state index contributed by atoms with van der Waals surface area (Å²) in [7, 11) is -2.16. The van der Waals surface area contributed by atoms with Crippen molar-refractivity contribution in [2.24, 2.45) is 10.4 Å². The predicted octanol–water partition coefficient (Wildman–Crippen LogP) is 3.73. The number of ether oxygens (including phenoxy) is 1. The molecule has 0 bridgehead atoms. The van der Waals surface area contributed by atoms with E-state index in [0.29, 0.717) is 13.0 Å². The SMILES string of the molecule is CC1N(C)N=NN1CC(=O)N1CCN(S(=O)(=O)c2ccc(OC(F)(F)F)cc2)CC1.CCC(F)(F)c1ccc(CNC=O)cc1. The smallest absolute Gasteiger partial charge is 0.406 e. The number of nitrogens with one attached hydrogen (secondary N) is 1. The molecule has 2 aromatic carbocycles. The highest BCUT2D eigenvalue weighted by Gasteiger charge is 2.34. The number of nitrogens with zero attached hydrogens (tertiary/aromatic N) is 6. The van der Waals surface area contributed by atoms with Crippen LogP contribution >= 0.6 is 0 Å². The van der Waals surface area contributed by atoms with Crippen LogP contribution in [0.15, 0.2) is 63.9 Å². The third kappa shape index (κ3) is 9.71. The Morgan fingerprint density at radius 2 is 1.60 bits per heavy atom. The van der Waals surface area contributed by atoms with E-state index in [-0.39, 0.29) is 61.7 Å². The van der Waals surface area contributed by atoms with Crippen molar-refractivity contribution in [2.45, 2.75) is 50.2 Å². The number of hydrogen-bond acceptors (Lipinski definition) is 9. The highest BCUT2D eigenvalue weighted by Crippen LogP contribution is 2.31. The van der Waals surface area contributed by atoms with Gasteiger partial charge in [0.25, 0.3) is 5.92 Å². The summed E-state index contributed by atoms with van der Waals surface area (Å²) in [6.45, 7) is 4.23. The Hall–Kier alpha value is -4.06. The minimum Gasteiger partial charge on any atom is -0.406 e. The Bertz CT molecular complexity index is 1420. The number of piperazine rings is 1. The first-order chi connectivity index (χ1) is 21.1. The first kappa shape index (κ1) is 35.4. The monoisotopic (exact) mass is 663 g/mol. The van der Waals surface area contributed by atoms with Gasteiger partial charge >= 0.3 is 6.36 Å². The van der Waals surface area contributed by atoms with Crippen molar-refractivity contribution >= 4 is 22.3 Å². The number of carbonyl (C=O) groups excluding carboxylic acids is 2. The van der Waals surface area contributed by atoms with Gasteiger partial charge in [-0.1, -0.05) is 41.6 Å². The second kappa shape index (κ2) is 14.8. The van der Waals surface area contributed by atoms with Crippen LogP contribution in [0.25, 0.3) is 0 Å². The Kier molecular flexibility index (Phi) is 11.7. The highest BCUT2D eigenvalue weighted by molar-refractivity contribution is 7.89. The molecule has 1 atom stereocenters. The van der Waals surface area contributed by atoms with E-state index in [2.05, 4.69) is 20.5 Å². The van der Waals surface area contributed by atoms with Crippen molar-refractivity contribution < 1.29 is 44.7 Å². The van der Waals surface area contributed by atoms with Gasteiger partial charge in [-0.2, -0.15) is 4.31 Å². The molecular weight excluding hydrogens is 629 g/mol. The molecule has 12 nitrogen and oxygen atoms in total. The summed E-state index contributed by atoms with van der Waals surface area (Å²) in [4.78, 5) is 23.9. The lowest BCUT2D eigenvalue weighted by molar-refractivity contribution is -0.274. The normalized spacial score (nSPS) is 17.5. The van der Waals surface area contributed by atoms with Gasteiger partial charge in [-0.15, -0.1) is 13.2 Å². The van der Waals surface area contributed by atoms with E-state index in [1.54, 1.807) is 29.1 Å². The molecule has 0 aromatic heterocycles. The summed E-state index contributed by atoms with van der Waals surface area (Å²) in [5.74, 6) is -3.46. The second-order valence-corrected chi connectivity index (χ2v) is 12.0. The van der Waals surface area contributed by atoms with Gasteiger partial charge in [0.05, 0.1) is 4.90 Å². The number of amides is 2. The summed E-state index contributed by atoms with van der Waals surface area (Å²) in [5.41, 5.74) is 0.817. The van der Waals surface area contributed by atoms with Crippen LogP contribution in [0.2, 0.25) is 0 Å². The summed E-state index contributed by atoms with van der Waals surface area (Å²) < 4.78 is 93.5. The lowest BCUT2D eigenvalue weighted by Crippen LogP contribution is -2.52. The van der Waals surface area contributed by atoms with E-state index >= 15 is 0 Å². The molecule has 18 heteroatoms. The number of benzene rings is 2. The Balaban J connectivity index is 0.000000309. The lowest BCUT2D eigenvalue weighted by Gasteiger charge is -2.35. The van der Waals surface area contributed by atoms with Gasteiger partial charge in [0.1, 0.15) is 18.5 Å². The molecule has 0 spiro atoms. The van der Waals surface area contributed by atoms with Crippen molar-refractivity contribution in [3.05, 3.63) is 59.7 Å². The highest BCUT2D eigenvalue weighted by atomic mass is 32.2. The zero-order chi connectivity index (χ0) is 33.4. The number of alkyl halides is 5. The summed E-state index contributed by atoms with van der Waals surface area (Å²) in [6, 6.07) is 9.99. The Morgan fingerprint density at radius 1 is 1.00 bits per heavy atom. The van der Waals surface area contributed by atoms with Crippen LogP contribution in [0.1, 0.15) is 31.4 Å². The van der Waals surface area contributed by atoms with Gasteiger partial charge in [-0.3, -0.25) is 14.6 Å². The first-order valence-electron chi connectivity index (χ1n) is 13.8. The molecule has 0 aliphatic carbocycles. The van der Waals surface area contributed by atoms with E-state index in [1.807, 2.05) is 6.92 Å². The largest absolute Gasteiger partial charge is 0.573 e. The first-order valence-corrected chi connectivity index (χ1v) is 15.2. The Morgan fingerprint density at radius 3 is 2.09 bits per heavy atom. The van der Waals surface area contributed by atoms with E-state index in [1.165, 1.54) is 28.4 Å². The molecule has 2 amide bonds. The number of rotatable bonds is 10. The van der Waals surface area contributed by atoms with Gasteiger partial charge in [-0.05, 0) is 36.8 Å². The maximum atomic E-state index is 13.2. The molecule has 248 valence electrons. The van der Waals surface area contributed by atoms with Crippen molar-refractivity contribution in [1.29, 1.82) is 0 Å². The zero-order valence-corrected chi connectivity index (χ0v) is 25.6. The third-order valence-corrected chi connectivity index (χ3v) is 8.97. The van der Waals surface area contributed by atoms with Gasteiger partial charge in [0, 0.05) is 51.8 Å². The van der Waals surface area contributed by atoms with Crippen LogP contribution in [0.3, 0.4) is 0 Å². The van der Waals surface area contributed by atoms with E-state index in [0.717, 1.165) is 29.8 Å². The number of sulfonamides is 1. The fourth-order valence-corrected chi connectivity index (χ4v) is 5.65. The zero-order valence-electron chi connectivity index (χ0n) is 24.7. The predicted molar refractivity (Wildman–Crippen MR) is 151 cm³/mol. The molecule has 2 aliphatic rings. The number of halogens is 5. The minimum absolute atomic E-state index is 0.0138. The average Bonchev–Trinajstić information content (AvgIpc) is 3.32. The van der Waals surface area contributed by atoms with Crippen molar-refractivity contribution in [2.75, 3.05) is 39.8 Å². The topological polar surface area (TPSA) is 127 Å². The van der Waals surface area contributed by atoms with Crippen LogP contribution in [-0.4, -0.2) is 92.3 Å². The van der Waals surface area contributed by atoms with Crippen molar-refractivity contribution in [3.63, 3.8) is 0 Å². The van der Waals surface area contributed by atoms with Crippen LogP contribution in [0.5, 0.6) is 5.75 Å². The molecule has 2 heterocycles. The van der Waals surface area contributed by atoms with Crippen LogP contribution < -0.4 is 10.1 Å². The fraction of sp³-hybridized carbons (Fsp3) is 0.481. The lowest BCUT2D eigenvalue weighted by atomic mass is 10.0. The maximum absolute atomic E-state index is 13.2. The molecule has 1 N–H and O–H groups in total. The van der Waals surface area contributed by atoms with Gasteiger partial charge < -0.3 is 15.0 Å². The van der Waals surface area contributed by atoms with Crippen LogP contribution in [-0.2, 0) is 32.1 Å². The summed E-state index contributed by atoms with van der Waals surface area (Å²) in [6.07, 6.45) is -4.64. The van der Waals surface area contributed by atoms with Gasteiger partial charge in [-0.25, -0.2) is 22.2 Å². The van der Waals surface area contributed by atoms with Gasteiger partial charge in [0.2, 0.25) is 22.3 Å². The van der Waals surface area contributed by atoms with E-state index in [9.17, 15) is 40.0 Å².